The number of carbonyl (C=O) groups excluding carboxylic acids is 1. The van der Waals surface area contributed by atoms with E-state index in [1.54, 1.807) is 6.20 Å². The molecule has 0 spiro atoms. The summed E-state index contributed by atoms with van der Waals surface area (Å²) in [4.78, 5) is 15.3. The molecule has 0 aliphatic carbocycles. The maximum Gasteiger partial charge on any atom is 0.262 e. The third-order valence-corrected chi connectivity index (χ3v) is 2.35. The molecule has 0 fully saturated rings. The van der Waals surface area contributed by atoms with E-state index in [9.17, 15) is 4.79 Å². The topological polar surface area (TPSA) is 51.2 Å². The number of amides is 1. The summed E-state index contributed by atoms with van der Waals surface area (Å²) >= 11 is 0. The normalized spacial score (nSPS) is 14.3. The van der Waals surface area contributed by atoms with Crippen LogP contribution >= 0.6 is 0 Å². The number of pyridine rings is 1. The summed E-state index contributed by atoms with van der Waals surface area (Å²) in [7, 11) is 0. The van der Waals surface area contributed by atoms with E-state index in [0.717, 1.165) is 10.9 Å². The van der Waals surface area contributed by atoms with Crippen molar-refractivity contribution in [3.8, 4) is 5.75 Å². The number of fused-ring (bicyclic) bond motifs is 3. The second-order valence-electron chi connectivity index (χ2n) is 3.35. The Labute approximate surface area is 85.9 Å². The van der Waals surface area contributed by atoms with E-state index in [0.29, 0.717) is 11.4 Å². The number of benzene rings is 1. The molecule has 2 aromatic rings. The molecule has 1 aromatic carbocycles. The highest BCUT2D eigenvalue weighted by molar-refractivity contribution is 6.00. The lowest BCUT2D eigenvalue weighted by Crippen LogP contribution is -2.25. The highest BCUT2D eigenvalue weighted by Crippen LogP contribution is 2.33. The standard InChI is InChI=1S/C11H8N2O2/c14-10-6-15-11-7-3-1-2-4-8(7)12-5-9(11)13-10/h1-5H,6H2,(H,13,14). The number of rotatable bonds is 0. The van der Waals surface area contributed by atoms with Gasteiger partial charge in [-0.3, -0.25) is 9.78 Å². The number of nitrogens with zero attached hydrogens (tertiary/aromatic N) is 1. The Kier molecular flexibility index (Phi) is 1.62. The van der Waals surface area contributed by atoms with Crippen molar-refractivity contribution < 1.29 is 9.53 Å². The number of carbonyl (C=O) groups is 1. The van der Waals surface area contributed by atoms with Crippen molar-refractivity contribution >= 4 is 22.5 Å². The summed E-state index contributed by atoms with van der Waals surface area (Å²) in [6, 6.07) is 7.68. The summed E-state index contributed by atoms with van der Waals surface area (Å²) in [5, 5.41) is 3.65. The summed E-state index contributed by atoms with van der Waals surface area (Å²) in [5.74, 6) is 0.569. The van der Waals surface area contributed by atoms with Gasteiger partial charge in [0.2, 0.25) is 0 Å². The molecule has 0 saturated heterocycles. The first kappa shape index (κ1) is 8.23. The van der Waals surface area contributed by atoms with Gasteiger partial charge in [-0.25, -0.2) is 0 Å². The SMILES string of the molecule is O=C1COc2c(cnc3ccccc23)N1. The molecule has 0 saturated carbocycles. The van der Waals surface area contributed by atoms with Crippen LogP contribution in [0, 0.1) is 0 Å². The van der Waals surface area contributed by atoms with E-state index in [4.69, 9.17) is 4.74 Å². The first-order valence-corrected chi connectivity index (χ1v) is 4.65. The lowest BCUT2D eigenvalue weighted by molar-refractivity contribution is -0.118. The Morgan fingerprint density at radius 2 is 2.20 bits per heavy atom. The third-order valence-electron chi connectivity index (χ3n) is 2.35. The molecular weight excluding hydrogens is 192 g/mol. The average molecular weight is 200 g/mol. The Morgan fingerprint density at radius 1 is 1.33 bits per heavy atom. The number of ether oxygens (including phenoxy) is 1. The fourth-order valence-electron chi connectivity index (χ4n) is 1.68. The van der Waals surface area contributed by atoms with Gasteiger partial charge in [-0.15, -0.1) is 0 Å². The fraction of sp³-hybridized carbons (Fsp3) is 0.0909. The van der Waals surface area contributed by atoms with Gasteiger partial charge in [0, 0.05) is 5.39 Å². The van der Waals surface area contributed by atoms with Crippen LogP contribution in [0.3, 0.4) is 0 Å². The van der Waals surface area contributed by atoms with Gasteiger partial charge in [-0.2, -0.15) is 0 Å². The van der Waals surface area contributed by atoms with Crippen LogP contribution < -0.4 is 10.1 Å². The molecule has 1 aliphatic heterocycles. The van der Waals surface area contributed by atoms with Crippen LogP contribution in [0.1, 0.15) is 0 Å². The zero-order valence-electron chi connectivity index (χ0n) is 7.86. The number of hydrogen-bond acceptors (Lipinski definition) is 3. The van der Waals surface area contributed by atoms with Crippen LogP contribution in [0.5, 0.6) is 5.75 Å². The van der Waals surface area contributed by atoms with Crippen LogP contribution in [0.2, 0.25) is 0 Å². The molecule has 1 N–H and O–H groups in total. The monoisotopic (exact) mass is 200 g/mol. The highest BCUT2D eigenvalue weighted by Gasteiger charge is 2.18. The van der Waals surface area contributed by atoms with Crippen LogP contribution in [-0.4, -0.2) is 17.5 Å². The molecule has 2 heterocycles. The van der Waals surface area contributed by atoms with Crippen LogP contribution in [0.15, 0.2) is 30.5 Å². The molecule has 0 unspecified atom stereocenters. The van der Waals surface area contributed by atoms with Gasteiger partial charge >= 0.3 is 0 Å². The van der Waals surface area contributed by atoms with E-state index in [1.165, 1.54) is 0 Å². The molecule has 1 aliphatic rings. The third kappa shape index (κ3) is 1.22. The molecular formula is C11H8N2O2. The van der Waals surface area contributed by atoms with E-state index in [-0.39, 0.29) is 12.5 Å². The van der Waals surface area contributed by atoms with Gasteiger partial charge in [0.25, 0.3) is 5.91 Å². The molecule has 1 aromatic heterocycles. The lowest BCUT2D eigenvalue weighted by Gasteiger charge is -2.18. The van der Waals surface area contributed by atoms with Crippen molar-refractivity contribution in [2.75, 3.05) is 11.9 Å². The number of hydrogen-bond donors (Lipinski definition) is 1. The van der Waals surface area contributed by atoms with E-state index >= 15 is 0 Å². The molecule has 15 heavy (non-hydrogen) atoms. The fourth-order valence-corrected chi connectivity index (χ4v) is 1.68. The summed E-state index contributed by atoms with van der Waals surface area (Å²) in [5.41, 5.74) is 1.51. The Morgan fingerprint density at radius 3 is 3.13 bits per heavy atom. The van der Waals surface area contributed by atoms with Gasteiger partial charge < -0.3 is 10.1 Å². The molecule has 0 radical (unpaired) electrons. The Bertz CT molecular complexity index is 551. The maximum absolute atomic E-state index is 11.1. The smallest absolute Gasteiger partial charge is 0.262 e. The van der Waals surface area contributed by atoms with Gasteiger partial charge in [-0.05, 0) is 12.1 Å². The van der Waals surface area contributed by atoms with Crippen LogP contribution in [-0.2, 0) is 4.79 Å². The molecule has 74 valence electrons. The minimum Gasteiger partial charge on any atom is -0.481 e. The average Bonchev–Trinajstić information content (AvgIpc) is 2.28. The predicted octanol–water partition coefficient (Wildman–Crippen LogP) is 1.57. The van der Waals surface area contributed by atoms with Crippen LogP contribution in [0.4, 0.5) is 5.69 Å². The number of nitrogens with one attached hydrogen (secondary N) is 1. The van der Waals surface area contributed by atoms with E-state index in [2.05, 4.69) is 10.3 Å². The van der Waals surface area contributed by atoms with Crippen molar-refractivity contribution in [3.05, 3.63) is 30.5 Å². The quantitative estimate of drug-likeness (QED) is 0.702. The highest BCUT2D eigenvalue weighted by atomic mass is 16.5. The first-order valence-electron chi connectivity index (χ1n) is 4.65. The maximum atomic E-state index is 11.1. The van der Waals surface area contributed by atoms with Gasteiger partial charge in [0.05, 0.1) is 11.7 Å². The second-order valence-corrected chi connectivity index (χ2v) is 3.35. The molecule has 0 atom stereocenters. The van der Waals surface area contributed by atoms with Crippen molar-refractivity contribution in [2.45, 2.75) is 0 Å². The van der Waals surface area contributed by atoms with Crippen molar-refractivity contribution in [3.63, 3.8) is 0 Å². The van der Waals surface area contributed by atoms with Gasteiger partial charge in [0.1, 0.15) is 5.69 Å². The number of para-hydroxylation sites is 1. The number of anilines is 1. The second kappa shape index (κ2) is 2.95. The lowest BCUT2D eigenvalue weighted by atomic mass is 10.2. The molecule has 4 heteroatoms. The zero-order valence-corrected chi connectivity index (χ0v) is 7.86. The molecule has 0 bridgehead atoms. The molecule has 1 amide bonds. The predicted molar refractivity (Wildman–Crippen MR) is 55.9 cm³/mol. The summed E-state index contributed by atoms with van der Waals surface area (Å²) in [6.45, 7) is 0.0704. The van der Waals surface area contributed by atoms with Gasteiger partial charge in [0.15, 0.2) is 12.4 Å². The largest absolute Gasteiger partial charge is 0.481 e. The van der Waals surface area contributed by atoms with Crippen molar-refractivity contribution in [2.24, 2.45) is 0 Å². The summed E-state index contributed by atoms with van der Waals surface area (Å²) < 4.78 is 5.40. The van der Waals surface area contributed by atoms with Gasteiger partial charge in [-0.1, -0.05) is 12.1 Å². The number of aromatic nitrogens is 1. The van der Waals surface area contributed by atoms with Crippen molar-refractivity contribution in [1.82, 2.24) is 4.98 Å². The first-order chi connectivity index (χ1) is 7.34. The minimum atomic E-state index is -0.139. The Balaban J connectivity index is 2.30. The Hall–Kier alpha value is -2.10. The summed E-state index contributed by atoms with van der Waals surface area (Å²) in [6.07, 6.45) is 1.62. The van der Waals surface area contributed by atoms with E-state index in [1.807, 2.05) is 24.3 Å². The molecule has 4 nitrogen and oxygen atoms in total. The van der Waals surface area contributed by atoms with E-state index < -0.39 is 0 Å². The zero-order chi connectivity index (χ0) is 10.3. The van der Waals surface area contributed by atoms with Crippen LogP contribution in [0.25, 0.3) is 10.9 Å². The molecule has 3 rings (SSSR count). The minimum absolute atomic E-state index is 0.0704. The van der Waals surface area contributed by atoms with Crippen molar-refractivity contribution in [1.29, 1.82) is 0 Å².